The van der Waals surface area contributed by atoms with Crippen molar-refractivity contribution in [2.24, 2.45) is 0 Å². The van der Waals surface area contributed by atoms with E-state index in [2.05, 4.69) is 0 Å². The highest BCUT2D eigenvalue weighted by molar-refractivity contribution is 6.42. The fraction of sp³-hybridized carbons (Fsp3) is 0.235. The van der Waals surface area contributed by atoms with Gasteiger partial charge in [0.25, 0.3) is 0 Å². The maximum atomic E-state index is 13.5. The van der Waals surface area contributed by atoms with Gasteiger partial charge in [0.1, 0.15) is 0 Å². The van der Waals surface area contributed by atoms with Crippen molar-refractivity contribution in [3.05, 3.63) is 64.1 Å². The molecule has 0 atom stereocenters. The average molecular weight is 460 g/mol. The van der Waals surface area contributed by atoms with Crippen LogP contribution >= 0.6 is 23.2 Å². The van der Waals surface area contributed by atoms with Gasteiger partial charge in [-0.05, 0) is 23.8 Å². The molecule has 2 rings (SSSR count). The molecule has 0 spiro atoms. The second kappa shape index (κ2) is 8.68. The number of hydrazine groups is 1. The van der Waals surface area contributed by atoms with Gasteiger partial charge in [0.05, 0.1) is 22.2 Å². The largest absolute Gasteiger partial charge is 0.436 e. The number of hydrogen-bond acceptors (Lipinski definition) is 3. The average Bonchev–Trinajstić information content (AvgIpc) is 2.60. The van der Waals surface area contributed by atoms with Gasteiger partial charge in [-0.2, -0.15) is 31.8 Å². The van der Waals surface area contributed by atoms with Crippen LogP contribution in [0.5, 0.6) is 0 Å². The lowest BCUT2D eigenvalue weighted by atomic mass is 10.1. The van der Waals surface area contributed by atoms with Crippen molar-refractivity contribution < 1.29 is 31.1 Å². The lowest BCUT2D eigenvalue weighted by molar-refractivity contribution is -0.314. The first-order valence-electron chi connectivity index (χ1n) is 7.82. The van der Waals surface area contributed by atoms with Gasteiger partial charge >= 0.3 is 18.0 Å². The van der Waals surface area contributed by atoms with E-state index in [9.17, 15) is 31.1 Å². The summed E-state index contributed by atoms with van der Waals surface area (Å²) < 4.78 is 81.2. The van der Waals surface area contributed by atoms with Gasteiger partial charge < -0.3 is 10.7 Å². The summed E-state index contributed by atoms with van der Waals surface area (Å²) in [5.74, 6) is -1.49. The Balaban J connectivity index is 2.31. The van der Waals surface area contributed by atoms with Gasteiger partial charge in [0, 0.05) is 0 Å². The summed E-state index contributed by atoms with van der Waals surface area (Å²) in [5.41, 5.74) is -1.82. The monoisotopic (exact) mass is 459 g/mol. The zero-order valence-corrected chi connectivity index (χ0v) is 15.8. The molecule has 2 aromatic rings. The minimum Gasteiger partial charge on any atom is -0.321 e. The van der Waals surface area contributed by atoms with E-state index in [4.69, 9.17) is 23.2 Å². The lowest BCUT2D eigenvalue weighted by Gasteiger charge is -2.38. The van der Waals surface area contributed by atoms with Gasteiger partial charge in [-0.25, -0.2) is 0 Å². The smallest absolute Gasteiger partial charge is 0.321 e. The first-order chi connectivity index (χ1) is 13.4. The molecule has 0 radical (unpaired) electrons. The lowest BCUT2D eigenvalue weighted by Crippen LogP contribution is -2.76. The Labute approximate surface area is 171 Å². The topological polar surface area (TPSA) is 53.2 Å². The SMILES string of the molecule is O=C(Cc1ccccc1)NC(NNc1ccc(Cl)c(Cl)c1)(C(F)(F)F)C(F)(F)F. The van der Waals surface area contributed by atoms with Crippen molar-refractivity contribution >= 4 is 34.8 Å². The van der Waals surface area contributed by atoms with E-state index in [1.54, 1.807) is 11.5 Å². The zero-order chi connectivity index (χ0) is 21.9. The number of amides is 1. The highest BCUT2D eigenvalue weighted by Crippen LogP contribution is 2.41. The Morgan fingerprint density at radius 2 is 1.45 bits per heavy atom. The maximum absolute atomic E-state index is 13.5. The normalized spacial score (nSPS) is 12.6. The summed E-state index contributed by atoms with van der Waals surface area (Å²) in [6.07, 6.45) is -12.6. The van der Waals surface area contributed by atoms with Crippen molar-refractivity contribution in [3.63, 3.8) is 0 Å². The van der Waals surface area contributed by atoms with Crippen molar-refractivity contribution in [1.82, 2.24) is 10.7 Å². The Bertz CT molecular complexity index is 844. The highest BCUT2D eigenvalue weighted by Gasteiger charge is 2.72. The number of alkyl halides is 6. The molecule has 0 saturated carbocycles. The standard InChI is InChI=1S/C17H13Cl2F6N3O/c18-12-7-6-11(9-13(12)19)27-28-15(16(20,21)22,17(23,24)25)26-14(29)8-10-4-2-1-3-5-10/h1-7,9,27-28H,8H2,(H,26,29). The number of carbonyl (C=O) groups is 1. The number of rotatable bonds is 6. The van der Waals surface area contributed by atoms with Crippen LogP contribution in [0.2, 0.25) is 10.0 Å². The van der Waals surface area contributed by atoms with E-state index in [-0.39, 0.29) is 21.3 Å². The molecule has 0 fully saturated rings. The second-order valence-electron chi connectivity index (χ2n) is 5.83. The molecule has 29 heavy (non-hydrogen) atoms. The molecule has 2 aromatic carbocycles. The second-order valence-corrected chi connectivity index (χ2v) is 6.65. The molecule has 0 aliphatic heterocycles. The molecule has 0 saturated heterocycles. The summed E-state index contributed by atoms with van der Waals surface area (Å²) in [4.78, 5) is 12.0. The van der Waals surface area contributed by atoms with Crippen molar-refractivity contribution in [3.8, 4) is 0 Å². The third-order valence-electron chi connectivity index (χ3n) is 3.70. The van der Waals surface area contributed by atoms with Crippen LogP contribution in [-0.2, 0) is 11.2 Å². The number of carbonyl (C=O) groups excluding carboxylic acids is 1. The van der Waals surface area contributed by atoms with Gasteiger partial charge in [-0.3, -0.25) is 4.79 Å². The summed E-state index contributed by atoms with van der Waals surface area (Å²) in [5, 5.41) is 0.980. The molecule has 0 aliphatic rings. The Morgan fingerprint density at radius 1 is 0.862 bits per heavy atom. The first-order valence-corrected chi connectivity index (χ1v) is 8.58. The van der Waals surface area contributed by atoms with Crippen LogP contribution in [0.25, 0.3) is 0 Å². The number of benzene rings is 2. The summed E-state index contributed by atoms with van der Waals surface area (Å²) in [6.45, 7) is 0. The molecular weight excluding hydrogens is 447 g/mol. The molecule has 0 unspecified atom stereocenters. The van der Waals surface area contributed by atoms with Crippen LogP contribution in [0.3, 0.4) is 0 Å². The predicted molar refractivity (Wildman–Crippen MR) is 96.4 cm³/mol. The molecular formula is C17H13Cl2F6N3O. The van der Waals surface area contributed by atoms with E-state index in [0.29, 0.717) is 0 Å². The van der Waals surface area contributed by atoms with Gasteiger partial charge in [-0.15, -0.1) is 0 Å². The minimum absolute atomic E-state index is 0.0475. The molecule has 4 nitrogen and oxygen atoms in total. The molecule has 0 aliphatic carbocycles. The van der Waals surface area contributed by atoms with Crippen LogP contribution in [0.15, 0.2) is 48.5 Å². The number of anilines is 1. The van der Waals surface area contributed by atoms with Gasteiger partial charge in [0.2, 0.25) is 5.91 Å². The highest BCUT2D eigenvalue weighted by atomic mass is 35.5. The fourth-order valence-corrected chi connectivity index (χ4v) is 2.55. The van der Waals surface area contributed by atoms with Gasteiger partial charge in [0.15, 0.2) is 0 Å². The third-order valence-corrected chi connectivity index (χ3v) is 4.44. The number of halogens is 8. The zero-order valence-electron chi connectivity index (χ0n) is 14.3. The quantitative estimate of drug-likeness (QED) is 0.320. The van der Waals surface area contributed by atoms with E-state index in [1.165, 1.54) is 30.3 Å². The van der Waals surface area contributed by atoms with Crippen LogP contribution < -0.4 is 16.2 Å². The molecule has 0 bridgehead atoms. The van der Waals surface area contributed by atoms with Crippen molar-refractivity contribution in [1.29, 1.82) is 0 Å². The van der Waals surface area contributed by atoms with E-state index < -0.39 is 30.3 Å². The minimum atomic E-state index is -5.94. The van der Waals surface area contributed by atoms with Crippen molar-refractivity contribution in [2.75, 3.05) is 5.43 Å². The Morgan fingerprint density at radius 3 is 1.97 bits per heavy atom. The predicted octanol–water partition coefficient (Wildman–Crippen LogP) is 5.09. The number of hydrogen-bond donors (Lipinski definition) is 3. The summed E-state index contributed by atoms with van der Waals surface area (Å²) in [6, 6.07) is 10.6. The summed E-state index contributed by atoms with van der Waals surface area (Å²) >= 11 is 11.4. The van der Waals surface area contributed by atoms with Crippen LogP contribution in [0.1, 0.15) is 5.56 Å². The van der Waals surface area contributed by atoms with Crippen LogP contribution in [0.4, 0.5) is 32.0 Å². The van der Waals surface area contributed by atoms with E-state index in [1.807, 2.05) is 0 Å². The first kappa shape index (κ1) is 23.1. The molecule has 0 aromatic heterocycles. The summed E-state index contributed by atoms with van der Waals surface area (Å²) in [7, 11) is 0. The third kappa shape index (κ3) is 5.46. The van der Waals surface area contributed by atoms with Crippen LogP contribution in [0, 0.1) is 0 Å². The van der Waals surface area contributed by atoms with Gasteiger partial charge in [-0.1, -0.05) is 53.5 Å². The molecule has 1 amide bonds. The molecule has 158 valence electrons. The van der Waals surface area contributed by atoms with E-state index in [0.717, 1.165) is 22.9 Å². The number of nitrogens with one attached hydrogen (secondary N) is 3. The Kier molecular flexibility index (Phi) is 6.92. The Hall–Kier alpha value is -2.17. The fourth-order valence-electron chi connectivity index (χ4n) is 2.25. The molecule has 3 N–H and O–H groups in total. The maximum Gasteiger partial charge on any atom is 0.436 e. The van der Waals surface area contributed by atoms with Crippen molar-refractivity contribution in [2.45, 2.75) is 24.4 Å². The van der Waals surface area contributed by atoms with E-state index >= 15 is 0 Å². The van der Waals surface area contributed by atoms with Crippen LogP contribution in [-0.4, -0.2) is 23.9 Å². The molecule has 0 heterocycles. The molecule has 12 heteroatoms.